The van der Waals surface area contributed by atoms with Gasteiger partial charge in [0.1, 0.15) is 0 Å². The fraction of sp³-hybridized carbons (Fsp3) is 1.00. The van der Waals surface area contributed by atoms with Crippen LogP contribution in [0.25, 0.3) is 0 Å². The summed E-state index contributed by atoms with van der Waals surface area (Å²) in [5.41, 5.74) is 11.4. The lowest BCUT2D eigenvalue weighted by atomic mass is 9.95. The average molecular weight is 146 g/mol. The van der Waals surface area contributed by atoms with Crippen molar-refractivity contribution in [1.82, 2.24) is 0 Å². The van der Waals surface area contributed by atoms with Crippen molar-refractivity contribution < 1.29 is 0 Å². The van der Waals surface area contributed by atoms with Crippen LogP contribution in [0.2, 0.25) is 0 Å². The zero-order valence-corrected chi connectivity index (χ0v) is 6.58. The van der Waals surface area contributed by atoms with E-state index in [1.807, 2.05) is 11.8 Å². The Kier molecular flexibility index (Phi) is 2.03. The second kappa shape index (κ2) is 2.48. The van der Waals surface area contributed by atoms with Crippen LogP contribution in [0, 0.1) is 0 Å². The van der Waals surface area contributed by atoms with Gasteiger partial charge in [0, 0.05) is 17.3 Å². The summed E-state index contributed by atoms with van der Waals surface area (Å²) >= 11 is 1.92. The van der Waals surface area contributed by atoms with Crippen LogP contribution in [0.3, 0.4) is 0 Å². The lowest BCUT2D eigenvalue weighted by Gasteiger charge is -2.25. The zero-order valence-electron chi connectivity index (χ0n) is 5.76. The molecule has 1 rings (SSSR count). The Balaban J connectivity index is 2.56. The molecule has 2 nitrogen and oxygen atoms in total. The molecule has 9 heavy (non-hydrogen) atoms. The second-order valence-electron chi connectivity index (χ2n) is 2.70. The standard InChI is InChI=1S/C6H14N2S/c1-5-6(8,4-7)2-3-9-5/h5H,2-4,7-8H2,1H3. The lowest BCUT2D eigenvalue weighted by Crippen LogP contribution is -2.51. The molecule has 2 unspecified atom stereocenters. The van der Waals surface area contributed by atoms with Gasteiger partial charge in [-0.25, -0.2) is 0 Å². The Morgan fingerprint density at radius 3 is 2.67 bits per heavy atom. The molecule has 1 aliphatic rings. The van der Waals surface area contributed by atoms with Crippen LogP contribution in [0.15, 0.2) is 0 Å². The highest BCUT2D eigenvalue weighted by Crippen LogP contribution is 2.32. The summed E-state index contributed by atoms with van der Waals surface area (Å²) in [7, 11) is 0. The fourth-order valence-electron chi connectivity index (χ4n) is 1.06. The predicted octanol–water partition coefficient (Wildman–Crippen LogP) is 0.168. The number of thioether (sulfide) groups is 1. The van der Waals surface area contributed by atoms with Crippen molar-refractivity contribution >= 4 is 11.8 Å². The smallest absolute Gasteiger partial charge is 0.0404 e. The van der Waals surface area contributed by atoms with Gasteiger partial charge in [0.05, 0.1) is 0 Å². The molecule has 0 aromatic heterocycles. The molecule has 2 atom stereocenters. The molecule has 0 aromatic rings. The molecule has 1 heterocycles. The highest BCUT2D eigenvalue weighted by atomic mass is 32.2. The molecule has 1 aliphatic heterocycles. The van der Waals surface area contributed by atoms with E-state index in [2.05, 4.69) is 6.92 Å². The van der Waals surface area contributed by atoms with Gasteiger partial charge in [-0.15, -0.1) is 0 Å². The lowest BCUT2D eigenvalue weighted by molar-refractivity contribution is 0.439. The van der Waals surface area contributed by atoms with Crippen LogP contribution in [-0.2, 0) is 0 Å². The highest BCUT2D eigenvalue weighted by molar-refractivity contribution is 8.00. The van der Waals surface area contributed by atoms with Crippen LogP contribution in [0.1, 0.15) is 13.3 Å². The van der Waals surface area contributed by atoms with Gasteiger partial charge >= 0.3 is 0 Å². The van der Waals surface area contributed by atoms with Crippen LogP contribution in [0.4, 0.5) is 0 Å². The van der Waals surface area contributed by atoms with Crippen molar-refractivity contribution in [2.24, 2.45) is 11.5 Å². The summed E-state index contributed by atoms with van der Waals surface area (Å²) in [6, 6.07) is 0. The molecule has 0 spiro atoms. The van der Waals surface area contributed by atoms with E-state index in [0.29, 0.717) is 11.8 Å². The van der Waals surface area contributed by atoms with Crippen molar-refractivity contribution in [2.75, 3.05) is 12.3 Å². The fourth-order valence-corrected chi connectivity index (χ4v) is 2.46. The van der Waals surface area contributed by atoms with Crippen LogP contribution >= 0.6 is 11.8 Å². The highest BCUT2D eigenvalue weighted by Gasteiger charge is 2.35. The summed E-state index contributed by atoms with van der Waals surface area (Å²) in [6.45, 7) is 2.78. The largest absolute Gasteiger partial charge is 0.329 e. The van der Waals surface area contributed by atoms with E-state index < -0.39 is 0 Å². The Hall–Kier alpha value is 0.270. The van der Waals surface area contributed by atoms with E-state index in [-0.39, 0.29) is 5.54 Å². The number of rotatable bonds is 1. The molecule has 0 saturated carbocycles. The third-order valence-electron chi connectivity index (χ3n) is 2.13. The first-order valence-electron chi connectivity index (χ1n) is 3.29. The van der Waals surface area contributed by atoms with E-state index >= 15 is 0 Å². The summed E-state index contributed by atoms with van der Waals surface area (Å²) in [6.07, 6.45) is 1.08. The first-order valence-corrected chi connectivity index (χ1v) is 4.34. The van der Waals surface area contributed by atoms with Gasteiger partial charge in [-0.3, -0.25) is 0 Å². The summed E-state index contributed by atoms with van der Waals surface area (Å²) in [5.74, 6) is 1.18. The molecule has 0 bridgehead atoms. The first-order chi connectivity index (χ1) is 4.19. The second-order valence-corrected chi connectivity index (χ2v) is 4.15. The molecule has 0 radical (unpaired) electrons. The number of hydrogen-bond acceptors (Lipinski definition) is 3. The van der Waals surface area contributed by atoms with E-state index in [9.17, 15) is 0 Å². The summed E-state index contributed by atoms with van der Waals surface area (Å²) in [5, 5.41) is 0.544. The molecule has 0 amide bonds. The molecule has 0 aliphatic carbocycles. The molecule has 54 valence electrons. The van der Waals surface area contributed by atoms with Gasteiger partial charge in [-0.2, -0.15) is 11.8 Å². The monoisotopic (exact) mass is 146 g/mol. The van der Waals surface area contributed by atoms with Crippen molar-refractivity contribution in [3.8, 4) is 0 Å². The van der Waals surface area contributed by atoms with Gasteiger partial charge in [0.25, 0.3) is 0 Å². The predicted molar refractivity (Wildman–Crippen MR) is 42.5 cm³/mol. The third kappa shape index (κ3) is 1.23. The Morgan fingerprint density at radius 1 is 1.78 bits per heavy atom. The van der Waals surface area contributed by atoms with Gasteiger partial charge < -0.3 is 11.5 Å². The van der Waals surface area contributed by atoms with Crippen molar-refractivity contribution in [1.29, 1.82) is 0 Å². The van der Waals surface area contributed by atoms with Crippen molar-refractivity contribution in [3.05, 3.63) is 0 Å². The first kappa shape index (κ1) is 7.38. The minimum Gasteiger partial charge on any atom is -0.329 e. The maximum Gasteiger partial charge on any atom is 0.0404 e. The third-order valence-corrected chi connectivity index (χ3v) is 3.53. The molecule has 1 fully saturated rings. The van der Waals surface area contributed by atoms with E-state index in [0.717, 1.165) is 6.42 Å². The van der Waals surface area contributed by atoms with Crippen molar-refractivity contribution in [2.45, 2.75) is 24.1 Å². The number of nitrogens with two attached hydrogens (primary N) is 2. The molecule has 4 N–H and O–H groups in total. The van der Waals surface area contributed by atoms with E-state index in [4.69, 9.17) is 11.5 Å². The molecule has 3 heteroatoms. The van der Waals surface area contributed by atoms with Gasteiger partial charge in [0.15, 0.2) is 0 Å². The maximum atomic E-state index is 5.96. The Bertz CT molecular complexity index is 107. The topological polar surface area (TPSA) is 52.0 Å². The summed E-state index contributed by atoms with van der Waals surface area (Å²) in [4.78, 5) is 0. The van der Waals surface area contributed by atoms with Crippen LogP contribution in [-0.4, -0.2) is 23.1 Å². The zero-order chi connectivity index (χ0) is 6.91. The Labute approximate surface area is 60.4 Å². The number of hydrogen-bond donors (Lipinski definition) is 2. The van der Waals surface area contributed by atoms with Gasteiger partial charge in [-0.05, 0) is 12.2 Å². The van der Waals surface area contributed by atoms with Crippen LogP contribution in [0.5, 0.6) is 0 Å². The summed E-state index contributed by atoms with van der Waals surface area (Å²) < 4.78 is 0. The minimum absolute atomic E-state index is 0.0648. The molecule has 1 saturated heterocycles. The minimum atomic E-state index is -0.0648. The SMILES string of the molecule is CC1SCCC1(N)CN. The van der Waals surface area contributed by atoms with Gasteiger partial charge in [0.2, 0.25) is 0 Å². The quantitative estimate of drug-likeness (QED) is 0.554. The van der Waals surface area contributed by atoms with Crippen molar-refractivity contribution in [3.63, 3.8) is 0 Å². The molecular formula is C6H14N2S. The normalized spacial score (nSPS) is 43.7. The average Bonchev–Trinajstić information content (AvgIpc) is 2.15. The van der Waals surface area contributed by atoms with Crippen LogP contribution < -0.4 is 11.5 Å². The van der Waals surface area contributed by atoms with E-state index in [1.54, 1.807) is 0 Å². The molecular weight excluding hydrogens is 132 g/mol. The maximum absolute atomic E-state index is 5.96. The Morgan fingerprint density at radius 2 is 2.44 bits per heavy atom. The van der Waals surface area contributed by atoms with Gasteiger partial charge in [-0.1, -0.05) is 6.92 Å². The molecule has 0 aromatic carbocycles. The van der Waals surface area contributed by atoms with E-state index in [1.165, 1.54) is 5.75 Å².